The quantitative estimate of drug-likeness (QED) is 0.508. The maximum Gasteiger partial charge on any atom is 0.199 e. The summed E-state index contributed by atoms with van der Waals surface area (Å²) in [6.07, 6.45) is -0.791. The van der Waals surface area contributed by atoms with Crippen molar-refractivity contribution in [3.05, 3.63) is 64.7 Å². The molecule has 0 bridgehead atoms. The molecule has 3 heteroatoms. The van der Waals surface area contributed by atoms with Crippen molar-refractivity contribution in [2.45, 2.75) is 77.2 Å². The van der Waals surface area contributed by atoms with Crippen LogP contribution in [0.2, 0.25) is 0 Å². The molecule has 0 radical (unpaired) electrons. The van der Waals surface area contributed by atoms with Crippen molar-refractivity contribution >= 4 is 16.9 Å². The van der Waals surface area contributed by atoms with Crippen LogP contribution in [-0.2, 0) is 4.79 Å². The predicted molar refractivity (Wildman–Crippen MR) is 120 cm³/mol. The van der Waals surface area contributed by atoms with E-state index >= 15 is 0 Å². The van der Waals surface area contributed by atoms with Crippen LogP contribution in [0, 0.1) is 5.92 Å². The number of aliphatic hydroxyl groups is 1. The molecule has 0 aromatic heterocycles. The molecule has 0 fully saturated rings. The van der Waals surface area contributed by atoms with E-state index in [0.717, 1.165) is 10.5 Å². The summed E-state index contributed by atoms with van der Waals surface area (Å²) in [5.41, 5.74) is 4.57. The van der Waals surface area contributed by atoms with Gasteiger partial charge in [-0.05, 0) is 40.0 Å². The number of hydrogen-bond acceptors (Lipinski definition) is 3. The minimum atomic E-state index is -0.791. The lowest BCUT2D eigenvalue weighted by molar-refractivity contribution is -0.117. The maximum atomic E-state index is 13.1. The molecule has 0 aliphatic rings. The zero-order valence-corrected chi connectivity index (χ0v) is 19.0. The van der Waals surface area contributed by atoms with Crippen molar-refractivity contribution in [2.24, 2.45) is 5.92 Å². The first kappa shape index (κ1) is 22.7. The molecule has 0 unspecified atom stereocenters. The third-order valence-corrected chi connectivity index (χ3v) is 6.52. The van der Waals surface area contributed by atoms with E-state index in [2.05, 4.69) is 53.7 Å². The van der Waals surface area contributed by atoms with E-state index in [1.807, 2.05) is 37.3 Å². The van der Waals surface area contributed by atoms with Crippen LogP contribution in [-0.4, -0.2) is 10.2 Å². The highest BCUT2D eigenvalue weighted by Gasteiger charge is 2.27. The predicted octanol–water partition coefficient (Wildman–Crippen LogP) is 7.05. The summed E-state index contributed by atoms with van der Waals surface area (Å²) in [5.74, 6) is 0.641. The van der Waals surface area contributed by atoms with Crippen LogP contribution in [0.1, 0.15) is 94.6 Å². The van der Waals surface area contributed by atoms with Crippen LogP contribution in [0.25, 0.3) is 0 Å². The summed E-state index contributed by atoms with van der Waals surface area (Å²) in [5, 5.41) is 10.7. The zero-order valence-electron chi connectivity index (χ0n) is 18.2. The molecular formula is C25H34O2S. The molecule has 2 aromatic carbocycles. The molecule has 2 aromatic rings. The van der Waals surface area contributed by atoms with Crippen molar-refractivity contribution in [3.63, 3.8) is 0 Å². The molecule has 2 atom stereocenters. The van der Waals surface area contributed by atoms with Gasteiger partial charge in [0.25, 0.3) is 0 Å². The van der Waals surface area contributed by atoms with E-state index in [1.54, 1.807) is 0 Å². The average molecular weight is 399 g/mol. The molecule has 0 saturated carbocycles. The van der Waals surface area contributed by atoms with Gasteiger partial charge in [0.05, 0.1) is 12.0 Å². The third kappa shape index (κ3) is 5.27. The number of carbonyl (C=O) groups excluding carboxylic acids is 1. The summed E-state index contributed by atoms with van der Waals surface area (Å²) >= 11 is 1.31. The number of thioether (sulfide) groups is 1. The van der Waals surface area contributed by atoms with Crippen LogP contribution in [0.5, 0.6) is 0 Å². The fourth-order valence-electron chi connectivity index (χ4n) is 3.27. The minimum absolute atomic E-state index is 0.0115. The number of rotatable bonds is 7. The van der Waals surface area contributed by atoms with E-state index in [9.17, 15) is 9.90 Å². The first-order valence-electron chi connectivity index (χ1n) is 10.3. The Kier molecular flexibility index (Phi) is 7.91. The van der Waals surface area contributed by atoms with Gasteiger partial charge in [-0.15, -0.1) is 0 Å². The van der Waals surface area contributed by atoms with Gasteiger partial charge in [0.2, 0.25) is 0 Å². The Hall–Kier alpha value is -1.58. The van der Waals surface area contributed by atoms with Gasteiger partial charge in [-0.25, -0.2) is 0 Å². The summed E-state index contributed by atoms with van der Waals surface area (Å²) < 4.78 is 0. The van der Waals surface area contributed by atoms with Gasteiger partial charge in [0, 0.05) is 4.90 Å². The van der Waals surface area contributed by atoms with Crippen molar-refractivity contribution in [2.75, 3.05) is 0 Å². The van der Waals surface area contributed by atoms with Gasteiger partial charge in [0.1, 0.15) is 0 Å². The summed E-state index contributed by atoms with van der Waals surface area (Å²) in [6, 6.07) is 14.0. The fraction of sp³-hybridized carbons (Fsp3) is 0.480. The molecule has 152 valence electrons. The molecule has 0 heterocycles. The van der Waals surface area contributed by atoms with Crippen molar-refractivity contribution in [3.8, 4) is 0 Å². The van der Waals surface area contributed by atoms with Crippen molar-refractivity contribution in [1.29, 1.82) is 0 Å². The van der Waals surface area contributed by atoms with Crippen LogP contribution < -0.4 is 0 Å². The van der Waals surface area contributed by atoms with Gasteiger partial charge in [0.15, 0.2) is 5.12 Å². The highest BCUT2D eigenvalue weighted by molar-refractivity contribution is 8.13. The Morgan fingerprint density at radius 2 is 1.29 bits per heavy atom. The van der Waals surface area contributed by atoms with E-state index in [4.69, 9.17) is 0 Å². The Bertz CT molecular complexity index is 764. The number of hydrogen-bond donors (Lipinski definition) is 1. The standard InChI is InChI=1S/C25H34O2S/c1-15(2)20-13-21(16(3)4)24(22(14-20)17(5)6)28-25(27)18(7)23(26)19-11-9-8-10-12-19/h8-18,23,26H,1-7H3/t18-,23-/m1/s1. The summed E-state index contributed by atoms with van der Waals surface area (Å²) in [4.78, 5) is 14.2. The van der Waals surface area contributed by atoms with Gasteiger partial charge < -0.3 is 5.11 Å². The molecule has 1 N–H and O–H groups in total. The summed E-state index contributed by atoms with van der Waals surface area (Å²) in [7, 11) is 0. The highest BCUT2D eigenvalue weighted by Crippen LogP contribution is 2.40. The Labute approximate surface area is 174 Å². The fourth-order valence-corrected chi connectivity index (χ4v) is 4.61. The van der Waals surface area contributed by atoms with Crippen LogP contribution >= 0.6 is 11.8 Å². The van der Waals surface area contributed by atoms with Crippen molar-refractivity contribution < 1.29 is 9.90 Å². The lowest BCUT2D eigenvalue weighted by atomic mass is 9.89. The second-order valence-electron chi connectivity index (χ2n) is 8.56. The Morgan fingerprint density at radius 1 is 0.786 bits per heavy atom. The molecule has 0 amide bonds. The van der Waals surface area contributed by atoms with E-state index < -0.39 is 12.0 Å². The van der Waals surface area contributed by atoms with Crippen molar-refractivity contribution in [1.82, 2.24) is 0 Å². The number of carbonyl (C=O) groups is 1. The molecule has 0 spiro atoms. The molecule has 2 rings (SSSR count). The monoisotopic (exact) mass is 398 g/mol. The summed E-state index contributed by atoms with van der Waals surface area (Å²) in [6.45, 7) is 15.0. The third-order valence-electron chi connectivity index (χ3n) is 5.27. The first-order chi connectivity index (χ1) is 13.1. The molecule has 28 heavy (non-hydrogen) atoms. The zero-order chi connectivity index (χ0) is 21.0. The molecular weight excluding hydrogens is 364 g/mol. The van der Waals surface area contributed by atoms with Gasteiger partial charge in [-0.1, -0.05) is 103 Å². The first-order valence-corrected chi connectivity index (χ1v) is 11.1. The second-order valence-corrected chi connectivity index (χ2v) is 9.57. The SMILES string of the molecule is CC(C)c1cc(C(C)C)c(SC(=O)[C@H](C)[C@@H](O)c2ccccc2)c(C(C)C)c1. The second kappa shape index (κ2) is 9.76. The molecule has 0 saturated heterocycles. The lowest BCUT2D eigenvalue weighted by Crippen LogP contribution is -2.17. The Balaban J connectivity index is 2.39. The van der Waals surface area contributed by atoms with E-state index in [0.29, 0.717) is 17.8 Å². The molecule has 0 aliphatic heterocycles. The molecule has 2 nitrogen and oxygen atoms in total. The highest BCUT2D eigenvalue weighted by atomic mass is 32.2. The van der Waals surface area contributed by atoms with Crippen LogP contribution in [0.15, 0.2) is 47.4 Å². The largest absolute Gasteiger partial charge is 0.388 e. The van der Waals surface area contributed by atoms with E-state index in [-0.39, 0.29) is 5.12 Å². The number of aliphatic hydroxyl groups excluding tert-OH is 1. The molecule has 0 aliphatic carbocycles. The number of benzene rings is 2. The van der Waals surface area contributed by atoms with Crippen LogP contribution in [0.3, 0.4) is 0 Å². The normalized spacial score (nSPS) is 14.0. The maximum absolute atomic E-state index is 13.1. The van der Waals surface area contributed by atoms with E-state index in [1.165, 1.54) is 28.5 Å². The van der Waals surface area contributed by atoms with Crippen LogP contribution in [0.4, 0.5) is 0 Å². The van der Waals surface area contributed by atoms with Gasteiger partial charge >= 0.3 is 0 Å². The average Bonchev–Trinajstić information content (AvgIpc) is 2.66. The Morgan fingerprint density at radius 3 is 1.71 bits per heavy atom. The lowest BCUT2D eigenvalue weighted by Gasteiger charge is -2.24. The van der Waals surface area contributed by atoms with Gasteiger partial charge in [-0.2, -0.15) is 0 Å². The minimum Gasteiger partial charge on any atom is -0.388 e. The topological polar surface area (TPSA) is 37.3 Å². The smallest absolute Gasteiger partial charge is 0.199 e. The van der Waals surface area contributed by atoms with Gasteiger partial charge in [-0.3, -0.25) is 4.79 Å².